The van der Waals surface area contributed by atoms with E-state index < -0.39 is 18.2 Å². The van der Waals surface area contributed by atoms with Crippen molar-refractivity contribution in [2.45, 2.75) is 270 Å². The second-order valence-electron chi connectivity index (χ2n) is 17.2. The average molecular weight is 828 g/mol. The van der Waals surface area contributed by atoms with Crippen LogP contribution >= 0.6 is 0 Å². The number of allylic oxidation sites excluding steroid dienone is 8. The van der Waals surface area contributed by atoms with Crippen molar-refractivity contribution in [1.82, 2.24) is 5.32 Å². The minimum absolute atomic E-state index is 0.0420. The molecule has 0 aromatic heterocycles. The average Bonchev–Trinajstić information content (AvgIpc) is 3.23. The number of hydrogen-bond donors (Lipinski definition) is 3. The standard InChI is InChI=1S/C53H97NO5/c1-4-7-10-13-16-19-22-24-26-28-31-33-36-39-42-45-51(56)50(48-55)54-52(57)47-49(44-41-38-35-32-30-27-25-23-20-17-14-11-8-5-2)59-53(58)46-43-40-37-34-29-21-18-15-12-9-6-3/h8,11,17,20,25,27,32,35,49-51,55-56H,4-7,9-10,12-16,18-19,21-24,26,28-31,33-34,36-48H2,1-3H3,(H,54,57)/b11-8+,20-17+,27-25+,35-32+. The van der Waals surface area contributed by atoms with E-state index in [1.807, 2.05) is 0 Å². The number of rotatable bonds is 45. The van der Waals surface area contributed by atoms with Gasteiger partial charge in [-0.3, -0.25) is 9.59 Å². The lowest BCUT2D eigenvalue weighted by Crippen LogP contribution is -2.46. The molecule has 0 aliphatic carbocycles. The van der Waals surface area contributed by atoms with E-state index in [9.17, 15) is 19.8 Å². The van der Waals surface area contributed by atoms with Gasteiger partial charge in [0.05, 0.1) is 25.2 Å². The Labute approximate surface area is 366 Å². The van der Waals surface area contributed by atoms with Gasteiger partial charge < -0.3 is 20.3 Å². The molecule has 0 saturated carbocycles. The van der Waals surface area contributed by atoms with Crippen molar-refractivity contribution in [3.63, 3.8) is 0 Å². The number of carbonyl (C=O) groups excluding carboxylic acids is 2. The lowest BCUT2D eigenvalue weighted by molar-refractivity contribution is -0.151. The molecule has 0 radical (unpaired) electrons. The van der Waals surface area contributed by atoms with Gasteiger partial charge in [0.25, 0.3) is 0 Å². The number of unbranched alkanes of at least 4 members (excludes halogenated alkanes) is 25. The Hall–Kier alpha value is -2.18. The zero-order chi connectivity index (χ0) is 43.1. The maximum atomic E-state index is 13.2. The molecule has 3 N–H and O–H groups in total. The number of ether oxygens (including phenoxy) is 1. The summed E-state index contributed by atoms with van der Waals surface area (Å²) in [6.07, 6.45) is 56.0. The fourth-order valence-corrected chi connectivity index (χ4v) is 7.60. The van der Waals surface area contributed by atoms with Crippen LogP contribution in [0.25, 0.3) is 0 Å². The molecule has 0 aromatic rings. The van der Waals surface area contributed by atoms with Crippen molar-refractivity contribution in [3.05, 3.63) is 48.6 Å². The fraction of sp³-hybridized carbons (Fsp3) is 0.811. The first-order chi connectivity index (χ1) is 29.0. The summed E-state index contributed by atoms with van der Waals surface area (Å²) in [5.74, 6) is -0.523. The van der Waals surface area contributed by atoms with Gasteiger partial charge in [0.1, 0.15) is 6.10 Å². The van der Waals surface area contributed by atoms with Crippen LogP contribution in [0.15, 0.2) is 48.6 Å². The molecule has 0 heterocycles. The third kappa shape index (κ3) is 42.3. The maximum Gasteiger partial charge on any atom is 0.306 e. The van der Waals surface area contributed by atoms with E-state index in [-0.39, 0.29) is 24.9 Å². The monoisotopic (exact) mass is 828 g/mol. The maximum absolute atomic E-state index is 13.2. The molecule has 0 bridgehead atoms. The highest BCUT2D eigenvalue weighted by Gasteiger charge is 2.24. The van der Waals surface area contributed by atoms with Gasteiger partial charge in [-0.25, -0.2) is 0 Å². The summed E-state index contributed by atoms with van der Waals surface area (Å²) in [4.78, 5) is 26.1. The van der Waals surface area contributed by atoms with Gasteiger partial charge in [-0.1, -0.05) is 230 Å². The Morgan fingerprint density at radius 2 is 0.915 bits per heavy atom. The molecule has 0 spiro atoms. The molecule has 0 fully saturated rings. The predicted molar refractivity (Wildman–Crippen MR) is 255 cm³/mol. The minimum atomic E-state index is -0.800. The van der Waals surface area contributed by atoms with Crippen LogP contribution < -0.4 is 5.32 Å². The summed E-state index contributed by atoms with van der Waals surface area (Å²) in [6.45, 7) is 6.35. The quantitative estimate of drug-likeness (QED) is 0.0323. The van der Waals surface area contributed by atoms with Gasteiger partial charge in [0, 0.05) is 6.42 Å². The highest BCUT2D eigenvalue weighted by molar-refractivity contribution is 5.77. The number of hydrogen-bond acceptors (Lipinski definition) is 5. The van der Waals surface area contributed by atoms with Crippen molar-refractivity contribution in [2.75, 3.05) is 6.61 Å². The normalized spacial score (nSPS) is 13.6. The second kappa shape index (κ2) is 46.9. The Balaban J connectivity index is 4.61. The first-order valence-corrected chi connectivity index (χ1v) is 25.4. The van der Waals surface area contributed by atoms with Crippen LogP contribution in [-0.2, 0) is 14.3 Å². The highest BCUT2D eigenvalue weighted by atomic mass is 16.5. The Morgan fingerprint density at radius 1 is 0.508 bits per heavy atom. The van der Waals surface area contributed by atoms with Gasteiger partial charge in [-0.2, -0.15) is 0 Å². The number of amides is 1. The molecule has 0 rings (SSSR count). The first-order valence-electron chi connectivity index (χ1n) is 25.4. The van der Waals surface area contributed by atoms with E-state index >= 15 is 0 Å². The van der Waals surface area contributed by atoms with E-state index in [1.165, 1.54) is 128 Å². The lowest BCUT2D eigenvalue weighted by Gasteiger charge is -2.24. The molecule has 6 heteroatoms. The fourth-order valence-electron chi connectivity index (χ4n) is 7.60. The molecular weight excluding hydrogens is 731 g/mol. The van der Waals surface area contributed by atoms with Gasteiger partial charge in [-0.05, 0) is 57.8 Å². The molecule has 0 aromatic carbocycles. The lowest BCUT2D eigenvalue weighted by atomic mass is 10.0. The third-order valence-corrected chi connectivity index (χ3v) is 11.4. The molecule has 0 aliphatic heterocycles. The molecule has 3 atom stereocenters. The van der Waals surface area contributed by atoms with Crippen LogP contribution in [0.4, 0.5) is 0 Å². The van der Waals surface area contributed by atoms with E-state index in [4.69, 9.17) is 4.74 Å². The molecule has 0 aliphatic rings. The summed E-state index contributed by atoms with van der Waals surface area (Å²) in [6, 6.07) is -0.716. The van der Waals surface area contributed by atoms with Gasteiger partial charge >= 0.3 is 5.97 Å². The van der Waals surface area contributed by atoms with Crippen molar-refractivity contribution in [2.24, 2.45) is 0 Å². The molecule has 59 heavy (non-hydrogen) atoms. The van der Waals surface area contributed by atoms with E-state index in [2.05, 4.69) is 74.7 Å². The number of aliphatic hydroxyl groups excluding tert-OH is 2. The molecule has 6 nitrogen and oxygen atoms in total. The second-order valence-corrected chi connectivity index (χ2v) is 17.2. The summed E-state index contributed by atoms with van der Waals surface area (Å²) >= 11 is 0. The topological polar surface area (TPSA) is 95.9 Å². The number of esters is 1. The largest absolute Gasteiger partial charge is 0.462 e. The smallest absolute Gasteiger partial charge is 0.306 e. The van der Waals surface area contributed by atoms with Crippen LogP contribution in [0, 0.1) is 0 Å². The van der Waals surface area contributed by atoms with E-state index in [0.717, 1.165) is 77.0 Å². The Morgan fingerprint density at radius 3 is 1.36 bits per heavy atom. The summed E-state index contributed by atoms with van der Waals surface area (Å²) in [7, 11) is 0. The van der Waals surface area contributed by atoms with Crippen LogP contribution in [0.2, 0.25) is 0 Å². The van der Waals surface area contributed by atoms with E-state index in [0.29, 0.717) is 19.3 Å². The van der Waals surface area contributed by atoms with Crippen molar-refractivity contribution >= 4 is 11.9 Å². The summed E-state index contributed by atoms with van der Waals surface area (Å²) in [5, 5.41) is 23.7. The summed E-state index contributed by atoms with van der Waals surface area (Å²) < 4.78 is 5.89. The van der Waals surface area contributed by atoms with Crippen LogP contribution in [-0.4, -0.2) is 46.9 Å². The van der Waals surface area contributed by atoms with Crippen molar-refractivity contribution in [1.29, 1.82) is 0 Å². The molecule has 3 unspecified atom stereocenters. The van der Waals surface area contributed by atoms with Gasteiger partial charge in [0.2, 0.25) is 5.91 Å². The van der Waals surface area contributed by atoms with Crippen LogP contribution in [0.3, 0.4) is 0 Å². The SMILES string of the molecule is CC/C=C/C/C=C/C/C=C/C/C=C/CCCC(CC(=O)NC(CO)C(O)CCCCCCCCCCCCCCCCC)OC(=O)CCCCCCCCCCCCC. The van der Waals surface area contributed by atoms with Crippen LogP contribution in [0.1, 0.15) is 252 Å². The highest BCUT2D eigenvalue weighted by Crippen LogP contribution is 2.17. The summed E-state index contributed by atoms with van der Waals surface area (Å²) in [5.41, 5.74) is 0. The minimum Gasteiger partial charge on any atom is -0.462 e. The zero-order valence-corrected chi connectivity index (χ0v) is 39.1. The predicted octanol–water partition coefficient (Wildman–Crippen LogP) is 15.1. The first kappa shape index (κ1) is 56.8. The van der Waals surface area contributed by atoms with Gasteiger partial charge in [0.15, 0.2) is 0 Å². The van der Waals surface area contributed by atoms with Gasteiger partial charge in [-0.15, -0.1) is 0 Å². The van der Waals surface area contributed by atoms with Crippen molar-refractivity contribution < 1.29 is 24.5 Å². The van der Waals surface area contributed by atoms with E-state index in [1.54, 1.807) is 0 Å². The number of nitrogens with one attached hydrogen (secondary N) is 1. The third-order valence-electron chi connectivity index (χ3n) is 11.4. The Kier molecular flexibility index (Phi) is 45.1. The van der Waals surface area contributed by atoms with Crippen molar-refractivity contribution in [3.8, 4) is 0 Å². The Bertz CT molecular complexity index is 1020. The number of aliphatic hydroxyl groups is 2. The molecule has 1 amide bonds. The number of carbonyl (C=O) groups is 2. The van der Waals surface area contributed by atoms with Crippen LogP contribution in [0.5, 0.6) is 0 Å². The molecule has 0 saturated heterocycles. The zero-order valence-electron chi connectivity index (χ0n) is 39.1. The molecular formula is C53H97NO5. The molecule has 344 valence electrons.